The first-order valence-corrected chi connectivity index (χ1v) is 4.30. The van der Waals surface area contributed by atoms with Crippen LogP contribution >= 0.6 is 0 Å². The predicted molar refractivity (Wildman–Crippen MR) is 50.2 cm³/mol. The molecule has 1 amide bonds. The van der Waals surface area contributed by atoms with Crippen LogP contribution in [0.25, 0.3) is 0 Å². The van der Waals surface area contributed by atoms with Gasteiger partial charge in [-0.1, -0.05) is 13.8 Å². The van der Waals surface area contributed by atoms with Crippen molar-refractivity contribution in [3.8, 4) is 0 Å². The summed E-state index contributed by atoms with van der Waals surface area (Å²) in [5.74, 6) is 0.391. The van der Waals surface area contributed by atoms with E-state index in [0.717, 1.165) is 0 Å². The number of amides is 1. The quantitative estimate of drug-likeness (QED) is 0.755. The van der Waals surface area contributed by atoms with Crippen molar-refractivity contribution in [2.24, 2.45) is 5.92 Å². The van der Waals surface area contributed by atoms with Crippen molar-refractivity contribution in [1.82, 2.24) is 10.3 Å². The van der Waals surface area contributed by atoms with Crippen LogP contribution in [0.15, 0.2) is 18.3 Å². The second kappa shape index (κ2) is 4.60. The molecule has 69 valence electrons. The van der Waals surface area contributed by atoms with Gasteiger partial charge < -0.3 is 5.32 Å². The molecule has 0 aliphatic carbocycles. The minimum Gasteiger partial charge on any atom is -0.352 e. The van der Waals surface area contributed by atoms with Crippen LogP contribution in [0.5, 0.6) is 0 Å². The molecule has 3 heteroatoms. The number of pyridine rings is 1. The normalized spacial score (nSPS) is 10.1. The van der Waals surface area contributed by atoms with Gasteiger partial charge in [0.15, 0.2) is 0 Å². The molecule has 1 rings (SSSR count). The molecule has 0 aliphatic heterocycles. The number of aromatic nitrogens is 1. The fourth-order valence-electron chi connectivity index (χ4n) is 0.853. The van der Waals surface area contributed by atoms with Crippen molar-refractivity contribution in [2.75, 3.05) is 6.54 Å². The van der Waals surface area contributed by atoms with E-state index in [4.69, 9.17) is 0 Å². The third-order valence-electron chi connectivity index (χ3n) is 1.55. The lowest BCUT2D eigenvalue weighted by Crippen LogP contribution is -2.27. The maximum absolute atomic E-state index is 11.4. The average molecular weight is 177 g/mol. The molecule has 13 heavy (non-hydrogen) atoms. The fraction of sp³-hybridized carbons (Fsp3) is 0.400. The zero-order chi connectivity index (χ0) is 9.68. The van der Waals surface area contributed by atoms with Gasteiger partial charge in [0, 0.05) is 12.7 Å². The summed E-state index contributed by atoms with van der Waals surface area (Å²) in [5, 5.41) is 2.81. The van der Waals surface area contributed by atoms with Crippen LogP contribution in [0.1, 0.15) is 24.2 Å². The largest absolute Gasteiger partial charge is 0.352 e. The Balaban J connectivity index is 2.50. The Kier molecular flexibility index (Phi) is 3.43. The van der Waals surface area contributed by atoms with E-state index in [1.54, 1.807) is 12.1 Å². The molecule has 0 fully saturated rings. The van der Waals surface area contributed by atoms with Gasteiger partial charge in [-0.05, 0) is 18.1 Å². The molecule has 0 saturated heterocycles. The van der Waals surface area contributed by atoms with Crippen LogP contribution in [0.2, 0.25) is 0 Å². The molecule has 1 radical (unpaired) electrons. The summed E-state index contributed by atoms with van der Waals surface area (Å²) < 4.78 is 0. The summed E-state index contributed by atoms with van der Waals surface area (Å²) in [7, 11) is 0. The number of nitrogens with zero attached hydrogens (tertiary/aromatic N) is 1. The predicted octanol–water partition coefficient (Wildman–Crippen LogP) is 1.27. The van der Waals surface area contributed by atoms with Gasteiger partial charge in [-0.25, -0.2) is 0 Å². The highest BCUT2D eigenvalue weighted by atomic mass is 16.1. The van der Waals surface area contributed by atoms with E-state index in [0.29, 0.717) is 18.0 Å². The molecule has 0 unspecified atom stereocenters. The van der Waals surface area contributed by atoms with E-state index in [2.05, 4.69) is 30.3 Å². The third kappa shape index (κ3) is 3.23. The zero-order valence-electron chi connectivity index (χ0n) is 7.87. The molecule has 3 nitrogen and oxygen atoms in total. The van der Waals surface area contributed by atoms with Crippen molar-refractivity contribution < 1.29 is 4.79 Å². The average Bonchev–Trinajstić information content (AvgIpc) is 2.15. The Morgan fingerprint density at radius 2 is 2.46 bits per heavy atom. The summed E-state index contributed by atoms with van der Waals surface area (Å²) >= 11 is 0. The van der Waals surface area contributed by atoms with E-state index >= 15 is 0 Å². The Morgan fingerprint density at radius 3 is 3.00 bits per heavy atom. The molecule has 0 aliphatic rings. The van der Waals surface area contributed by atoms with Crippen LogP contribution in [-0.2, 0) is 0 Å². The molecule has 1 N–H and O–H groups in total. The highest BCUT2D eigenvalue weighted by Crippen LogP contribution is 1.95. The van der Waals surface area contributed by atoms with Crippen molar-refractivity contribution in [1.29, 1.82) is 0 Å². The minimum absolute atomic E-state index is 0.0739. The second-order valence-corrected chi connectivity index (χ2v) is 3.28. The number of hydrogen-bond acceptors (Lipinski definition) is 2. The van der Waals surface area contributed by atoms with E-state index in [9.17, 15) is 4.79 Å². The number of hydrogen-bond donors (Lipinski definition) is 1. The van der Waals surface area contributed by atoms with Gasteiger partial charge in [0.25, 0.3) is 5.91 Å². The molecular formula is C10H13N2O. The lowest BCUT2D eigenvalue weighted by atomic mass is 10.2. The van der Waals surface area contributed by atoms with Crippen molar-refractivity contribution in [3.05, 3.63) is 30.1 Å². The molecule has 0 aromatic carbocycles. The Hall–Kier alpha value is -1.38. The second-order valence-electron chi connectivity index (χ2n) is 3.28. The molecule has 0 spiro atoms. The molecule has 1 aromatic heterocycles. The number of carbonyl (C=O) groups is 1. The van der Waals surface area contributed by atoms with E-state index in [1.165, 1.54) is 6.20 Å². The van der Waals surface area contributed by atoms with Gasteiger partial charge in [0.05, 0.1) is 11.8 Å². The van der Waals surface area contributed by atoms with Crippen molar-refractivity contribution in [3.63, 3.8) is 0 Å². The van der Waals surface area contributed by atoms with Gasteiger partial charge in [0.1, 0.15) is 0 Å². The van der Waals surface area contributed by atoms with Crippen molar-refractivity contribution in [2.45, 2.75) is 13.8 Å². The van der Waals surface area contributed by atoms with E-state index in [1.807, 2.05) is 0 Å². The highest BCUT2D eigenvalue weighted by Gasteiger charge is 2.04. The maximum atomic E-state index is 11.4. The smallest absolute Gasteiger partial charge is 0.252 e. The highest BCUT2D eigenvalue weighted by molar-refractivity contribution is 5.93. The first-order valence-electron chi connectivity index (χ1n) is 4.30. The summed E-state index contributed by atoms with van der Waals surface area (Å²) in [6, 6.07) is 3.33. The number of carbonyl (C=O) groups excluding carboxylic acids is 1. The maximum Gasteiger partial charge on any atom is 0.252 e. The SMILES string of the molecule is CC(C)CNC(=O)c1cc[c]nc1. The van der Waals surface area contributed by atoms with Gasteiger partial charge in [-0.2, -0.15) is 0 Å². The third-order valence-corrected chi connectivity index (χ3v) is 1.55. The monoisotopic (exact) mass is 177 g/mol. The molecule has 1 aromatic rings. The standard InChI is InChI=1S/C10H13N2O/c1-8(2)6-12-10(13)9-4-3-5-11-7-9/h3-4,7-8H,6H2,1-2H3,(H,12,13). The van der Waals surface area contributed by atoms with Crippen LogP contribution in [0.3, 0.4) is 0 Å². The Bertz CT molecular complexity index is 270. The fourth-order valence-corrected chi connectivity index (χ4v) is 0.853. The summed E-state index contributed by atoms with van der Waals surface area (Å²) in [4.78, 5) is 15.1. The van der Waals surface area contributed by atoms with Gasteiger partial charge >= 0.3 is 0 Å². The summed E-state index contributed by atoms with van der Waals surface area (Å²) in [6.45, 7) is 4.80. The lowest BCUT2D eigenvalue weighted by Gasteiger charge is -2.06. The van der Waals surface area contributed by atoms with Crippen LogP contribution < -0.4 is 5.32 Å². The molecule has 0 saturated carbocycles. The number of nitrogens with one attached hydrogen (secondary N) is 1. The van der Waals surface area contributed by atoms with E-state index in [-0.39, 0.29) is 5.91 Å². The summed E-state index contributed by atoms with van der Waals surface area (Å²) in [6.07, 6.45) is 4.13. The molecular weight excluding hydrogens is 164 g/mol. The Morgan fingerprint density at radius 1 is 1.69 bits per heavy atom. The number of rotatable bonds is 3. The topological polar surface area (TPSA) is 42.0 Å². The van der Waals surface area contributed by atoms with Crippen LogP contribution in [0, 0.1) is 12.1 Å². The summed E-state index contributed by atoms with van der Waals surface area (Å²) in [5.41, 5.74) is 0.583. The van der Waals surface area contributed by atoms with Gasteiger partial charge in [0.2, 0.25) is 0 Å². The molecule has 1 heterocycles. The first kappa shape index (κ1) is 9.71. The van der Waals surface area contributed by atoms with Crippen LogP contribution in [-0.4, -0.2) is 17.4 Å². The molecule has 0 atom stereocenters. The zero-order valence-corrected chi connectivity index (χ0v) is 7.87. The van der Waals surface area contributed by atoms with Gasteiger partial charge in [-0.15, -0.1) is 0 Å². The minimum atomic E-state index is -0.0739. The molecule has 0 bridgehead atoms. The Labute approximate surface area is 78.2 Å². The van der Waals surface area contributed by atoms with Gasteiger partial charge in [-0.3, -0.25) is 9.78 Å². The van der Waals surface area contributed by atoms with E-state index < -0.39 is 0 Å². The van der Waals surface area contributed by atoms with Crippen molar-refractivity contribution >= 4 is 5.91 Å². The first-order chi connectivity index (χ1) is 6.20. The van der Waals surface area contributed by atoms with Crippen LogP contribution in [0.4, 0.5) is 0 Å². The lowest BCUT2D eigenvalue weighted by molar-refractivity contribution is 0.0948.